The fraction of sp³-hybridized carbons (Fsp3) is 0.333. The van der Waals surface area contributed by atoms with Gasteiger partial charge in [-0.25, -0.2) is 0 Å². The number of aromatic nitrogens is 4. The summed E-state index contributed by atoms with van der Waals surface area (Å²) in [7, 11) is 4.25. The Labute approximate surface area is 134 Å². The minimum absolute atomic E-state index is 0.711. The van der Waals surface area contributed by atoms with Gasteiger partial charge in [0.2, 0.25) is 0 Å². The maximum atomic E-state index is 4.82. The Morgan fingerprint density at radius 1 is 1.30 bits per heavy atom. The van der Waals surface area contributed by atoms with Crippen LogP contribution in [-0.2, 0) is 20.5 Å². The molecule has 0 aliphatic carbocycles. The SMILES string of the molecule is CCc1c(C)nc(-c2[n]([BiH2])c3ccccc3[n+]2C)n1C. The Bertz CT molecular complexity index is 759. The molecule has 0 saturated heterocycles. The molecule has 1 aromatic carbocycles. The molecule has 0 amide bonds. The average molecular weight is 465 g/mol. The molecule has 0 fully saturated rings. The van der Waals surface area contributed by atoms with Crippen molar-refractivity contribution in [3.63, 3.8) is 0 Å². The molecule has 4 nitrogen and oxygen atoms in total. The van der Waals surface area contributed by atoms with Gasteiger partial charge in [-0.1, -0.05) is 0 Å². The Kier molecular flexibility index (Phi) is 3.41. The van der Waals surface area contributed by atoms with Gasteiger partial charge >= 0.3 is 134 Å². The topological polar surface area (TPSA) is 26.6 Å². The molecule has 0 atom stereocenters. The third-order valence-electron chi connectivity index (χ3n) is 4.00. The number of fused-ring (bicyclic) bond motifs is 1. The van der Waals surface area contributed by atoms with Crippen molar-refractivity contribution < 1.29 is 4.57 Å². The van der Waals surface area contributed by atoms with E-state index in [9.17, 15) is 0 Å². The first kappa shape index (κ1) is 13.8. The monoisotopic (exact) mass is 465 g/mol. The second-order valence-electron chi connectivity index (χ2n) is 5.12. The first-order chi connectivity index (χ1) is 9.56. The van der Waals surface area contributed by atoms with Crippen LogP contribution in [0.1, 0.15) is 18.3 Å². The summed E-state index contributed by atoms with van der Waals surface area (Å²) in [6.45, 7) is 4.29. The Balaban J connectivity index is 2.36. The molecule has 104 valence electrons. The van der Waals surface area contributed by atoms with E-state index in [0.717, 1.165) is 17.9 Å². The van der Waals surface area contributed by atoms with Crippen molar-refractivity contribution in [1.29, 1.82) is 0 Å². The zero-order valence-corrected chi connectivity index (χ0v) is 16.9. The van der Waals surface area contributed by atoms with Gasteiger partial charge in [-0.2, -0.15) is 0 Å². The molecule has 0 N–H and O–H groups in total. The van der Waals surface area contributed by atoms with Crippen LogP contribution in [0.15, 0.2) is 24.3 Å². The molecule has 3 rings (SSSR count). The number of imidazole rings is 2. The zero-order chi connectivity index (χ0) is 14.4. The van der Waals surface area contributed by atoms with Crippen LogP contribution in [0.2, 0.25) is 0 Å². The fourth-order valence-electron chi connectivity index (χ4n) is 2.96. The number of rotatable bonds is 2. The van der Waals surface area contributed by atoms with Crippen molar-refractivity contribution in [2.45, 2.75) is 20.3 Å². The normalized spacial score (nSPS) is 11.4. The Hall–Kier alpha value is -1.22. The third kappa shape index (κ3) is 1.83. The standard InChI is InChI=1S/C15H18N4.Bi.2H/c1-5-12-10(2)16-14(18(12)3)15-17-11-8-6-7-9-13(11)19(15)4;;;/h6-9H,5H2,1-4H3;;;/q;+1;;. The van der Waals surface area contributed by atoms with Crippen LogP contribution in [0.4, 0.5) is 0 Å². The van der Waals surface area contributed by atoms with Gasteiger partial charge in [-0.05, 0) is 0 Å². The fourth-order valence-corrected chi connectivity index (χ4v) is 4.93. The zero-order valence-electron chi connectivity index (χ0n) is 12.4. The van der Waals surface area contributed by atoms with E-state index >= 15 is 0 Å². The molecule has 0 aliphatic rings. The minimum atomic E-state index is 0.711. The van der Waals surface area contributed by atoms with Crippen molar-refractivity contribution in [3.05, 3.63) is 35.7 Å². The summed E-state index contributed by atoms with van der Waals surface area (Å²) in [4.78, 5) is 4.82. The second kappa shape index (κ2) is 4.96. The van der Waals surface area contributed by atoms with E-state index in [0.29, 0.717) is 25.0 Å². The summed E-state index contributed by atoms with van der Waals surface area (Å²) >= 11 is 0.711. The number of benzene rings is 1. The predicted octanol–water partition coefficient (Wildman–Crippen LogP) is 1.13. The van der Waals surface area contributed by atoms with Crippen LogP contribution >= 0.6 is 0 Å². The molecular formula is C15H20BiN4+. The molecule has 0 spiro atoms. The first-order valence-electron chi connectivity index (χ1n) is 6.83. The Morgan fingerprint density at radius 2 is 2.00 bits per heavy atom. The summed E-state index contributed by atoms with van der Waals surface area (Å²) in [5, 5.41) is 0. The van der Waals surface area contributed by atoms with Crippen molar-refractivity contribution in [3.8, 4) is 11.6 Å². The van der Waals surface area contributed by atoms with Gasteiger partial charge < -0.3 is 0 Å². The van der Waals surface area contributed by atoms with Crippen LogP contribution in [-0.4, -0.2) is 37.1 Å². The van der Waals surface area contributed by atoms with E-state index in [1.165, 1.54) is 22.6 Å². The van der Waals surface area contributed by atoms with E-state index in [2.05, 4.69) is 63.9 Å². The van der Waals surface area contributed by atoms with Crippen molar-refractivity contribution in [2.75, 3.05) is 0 Å². The number of hydrogen-bond donors (Lipinski definition) is 0. The van der Waals surface area contributed by atoms with E-state index in [-0.39, 0.29) is 0 Å². The summed E-state index contributed by atoms with van der Waals surface area (Å²) in [6, 6.07) is 8.56. The maximum absolute atomic E-state index is 4.82. The predicted molar refractivity (Wildman–Crippen MR) is 83.4 cm³/mol. The first-order valence-corrected chi connectivity index (χ1v) is 8.84. The number of para-hydroxylation sites is 2. The molecule has 2 heterocycles. The van der Waals surface area contributed by atoms with Gasteiger partial charge in [-0.15, -0.1) is 0 Å². The molecule has 20 heavy (non-hydrogen) atoms. The van der Waals surface area contributed by atoms with Gasteiger partial charge in [-0.3, -0.25) is 0 Å². The van der Waals surface area contributed by atoms with E-state index in [1.807, 2.05) is 0 Å². The molecule has 0 saturated carbocycles. The van der Waals surface area contributed by atoms with Crippen molar-refractivity contribution in [1.82, 2.24) is 12.1 Å². The quantitative estimate of drug-likeness (QED) is 0.412. The van der Waals surface area contributed by atoms with Crippen LogP contribution in [0.3, 0.4) is 0 Å². The summed E-state index contributed by atoms with van der Waals surface area (Å²) < 4.78 is 6.88. The molecule has 0 unspecified atom stereocenters. The van der Waals surface area contributed by atoms with Gasteiger partial charge in [0.15, 0.2) is 0 Å². The van der Waals surface area contributed by atoms with Crippen LogP contribution in [0, 0.1) is 6.92 Å². The van der Waals surface area contributed by atoms with Gasteiger partial charge in [0.25, 0.3) is 0 Å². The average Bonchev–Trinajstić information content (AvgIpc) is 2.86. The second-order valence-corrected chi connectivity index (χ2v) is 7.13. The molecule has 0 bridgehead atoms. The van der Waals surface area contributed by atoms with Crippen molar-refractivity contribution in [2.24, 2.45) is 14.1 Å². The molecule has 3 aromatic rings. The summed E-state index contributed by atoms with van der Waals surface area (Å²) in [6.07, 6.45) is 1.02. The van der Waals surface area contributed by atoms with Crippen molar-refractivity contribution >= 4 is 36.0 Å². The molecule has 0 aliphatic heterocycles. The van der Waals surface area contributed by atoms with Gasteiger partial charge in [0, 0.05) is 0 Å². The van der Waals surface area contributed by atoms with Gasteiger partial charge in [0.1, 0.15) is 0 Å². The third-order valence-corrected chi connectivity index (χ3v) is 6.03. The van der Waals surface area contributed by atoms with E-state index < -0.39 is 0 Å². The van der Waals surface area contributed by atoms with E-state index in [1.54, 1.807) is 0 Å². The van der Waals surface area contributed by atoms with E-state index in [4.69, 9.17) is 4.98 Å². The Morgan fingerprint density at radius 3 is 2.60 bits per heavy atom. The van der Waals surface area contributed by atoms with Gasteiger partial charge in [0.05, 0.1) is 0 Å². The molecule has 0 radical (unpaired) electrons. The summed E-state index contributed by atoms with van der Waals surface area (Å²) in [5.74, 6) is 2.28. The van der Waals surface area contributed by atoms with Crippen LogP contribution in [0.5, 0.6) is 0 Å². The molecule has 5 heteroatoms. The number of aryl methyl sites for hydroxylation is 2. The number of hydrogen-bond acceptors (Lipinski definition) is 1. The van der Waals surface area contributed by atoms with Crippen LogP contribution in [0.25, 0.3) is 22.7 Å². The number of nitrogens with zero attached hydrogens (tertiary/aromatic N) is 4. The molecular weight excluding hydrogens is 445 g/mol. The summed E-state index contributed by atoms with van der Waals surface area (Å²) in [5.41, 5.74) is 5.02. The molecule has 2 aromatic heterocycles. The van der Waals surface area contributed by atoms with Crippen LogP contribution < -0.4 is 4.57 Å².